The van der Waals surface area contributed by atoms with E-state index < -0.39 is 0 Å². The number of hydrogen-bond acceptors (Lipinski definition) is 3. The molecule has 14 heavy (non-hydrogen) atoms. The van der Waals surface area contributed by atoms with Gasteiger partial charge in [0.15, 0.2) is 0 Å². The summed E-state index contributed by atoms with van der Waals surface area (Å²) in [5.41, 5.74) is 1.32. The molecule has 0 radical (unpaired) electrons. The van der Waals surface area contributed by atoms with Crippen LogP contribution in [0.2, 0.25) is 0 Å². The molecule has 1 fully saturated rings. The van der Waals surface area contributed by atoms with Crippen LogP contribution in [0.5, 0.6) is 0 Å². The molecule has 1 atom stereocenters. The molecule has 3 heteroatoms. The molecular formula is C11H16N2O. The van der Waals surface area contributed by atoms with E-state index in [4.69, 9.17) is 4.74 Å². The summed E-state index contributed by atoms with van der Waals surface area (Å²) in [6, 6.07) is 10.4. The average Bonchev–Trinajstić information content (AvgIpc) is 2.72. The monoisotopic (exact) mass is 192 g/mol. The van der Waals surface area contributed by atoms with Crippen LogP contribution in [-0.4, -0.2) is 25.9 Å². The first kappa shape index (κ1) is 9.65. The topological polar surface area (TPSA) is 33.3 Å². The summed E-state index contributed by atoms with van der Waals surface area (Å²) in [5, 5.41) is 6.54. The minimum Gasteiger partial charge on any atom is -0.360 e. The van der Waals surface area contributed by atoms with Crippen molar-refractivity contribution in [3.63, 3.8) is 0 Å². The standard InChI is InChI=1S/C11H16N2O/c1-2-4-10(5-3-1)6-12-7-11-8-13-9-14-11/h1-5,11-13H,6-9H2/t11-/m0/s1. The van der Waals surface area contributed by atoms with Crippen LogP contribution in [0.15, 0.2) is 30.3 Å². The molecule has 76 valence electrons. The second kappa shape index (κ2) is 5.10. The first-order valence-corrected chi connectivity index (χ1v) is 5.02. The summed E-state index contributed by atoms with van der Waals surface area (Å²) in [5.74, 6) is 0. The second-order valence-corrected chi connectivity index (χ2v) is 3.50. The van der Waals surface area contributed by atoms with Gasteiger partial charge in [0.2, 0.25) is 0 Å². The molecule has 1 saturated heterocycles. The summed E-state index contributed by atoms with van der Waals surface area (Å²) in [6.07, 6.45) is 0.332. The highest BCUT2D eigenvalue weighted by atomic mass is 16.5. The zero-order chi connectivity index (χ0) is 9.64. The van der Waals surface area contributed by atoms with Gasteiger partial charge >= 0.3 is 0 Å². The van der Waals surface area contributed by atoms with E-state index in [0.29, 0.717) is 12.8 Å². The Bertz CT molecular complexity index is 257. The van der Waals surface area contributed by atoms with Crippen molar-refractivity contribution in [2.75, 3.05) is 19.8 Å². The zero-order valence-corrected chi connectivity index (χ0v) is 8.20. The number of ether oxygens (including phenoxy) is 1. The van der Waals surface area contributed by atoms with Crippen LogP contribution in [0, 0.1) is 0 Å². The number of benzene rings is 1. The number of nitrogens with one attached hydrogen (secondary N) is 2. The van der Waals surface area contributed by atoms with Crippen LogP contribution in [-0.2, 0) is 11.3 Å². The molecule has 0 unspecified atom stereocenters. The summed E-state index contributed by atoms with van der Waals surface area (Å²) in [7, 11) is 0. The van der Waals surface area contributed by atoms with Crippen molar-refractivity contribution in [1.29, 1.82) is 0 Å². The first-order valence-electron chi connectivity index (χ1n) is 5.02. The van der Waals surface area contributed by atoms with Gasteiger partial charge in [0.25, 0.3) is 0 Å². The van der Waals surface area contributed by atoms with Crippen LogP contribution in [0.3, 0.4) is 0 Å². The minimum absolute atomic E-state index is 0.332. The Morgan fingerprint density at radius 1 is 1.36 bits per heavy atom. The fourth-order valence-corrected chi connectivity index (χ4v) is 1.56. The van der Waals surface area contributed by atoms with E-state index in [2.05, 4.69) is 34.9 Å². The smallest absolute Gasteiger partial charge is 0.0971 e. The molecule has 0 saturated carbocycles. The third kappa shape index (κ3) is 2.80. The van der Waals surface area contributed by atoms with E-state index in [9.17, 15) is 0 Å². The third-order valence-corrected chi connectivity index (χ3v) is 2.34. The zero-order valence-electron chi connectivity index (χ0n) is 8.20. The van der Waals surface area contributed by atoms with Gasteiger partial charge in [-0.1, -0.05) is 30.3 Å². The molecule has 1 aliphatic heterocycles. The minimum atomic E-state index is 0.332. The quantitative estimate of drug-likeness (QED) is 0.737. The molecule has 3 nitrogen and oxygen atoms in total. The van der Waals surface area contributed by atoms with Gasteiger partial charge in [0, 0.05) is 19.6 Å². The van der Waals surface area contributed by atoms with E-state index in [0.717, 1.165) is 19.6 Å². The fraction of sp³-hybridized carbons (Fsp3) is 0.455. The summed E-state index contributed by atoms with van der Waals surface area (Å²) in [4.78, 5) is 0. The Morgan fingerprint density at radius 3 is 2.93 bits per heavy atom. The van der Waals surface area contributed by atoms with E-state index in [1.165, 1.54) is 5.56 Å². The van der Waals surface area contributed by atoms with Gasteiger partial charge in [-0.3, -0.25) is 5.32 Å². The summed E-state index contributed by atoms with van der Waals surface area (Å²) >= 11 is 0. The lowest BCUT2D eigenvalue weighted by molar-refractivity contribution is 0.112. The molecule has 2 N–H and O–H groups in total. The highest BCUT2D eigenvalue weighted by Gasteiger charge is 2.13. The normalized spacial score (nSPS) is 21.3. The van der Waals surface area contributed by atoms with Crippen molar-refractivity contribution in [1.82, 2.24) is 10.6 Å². The molecule has 1 aromatic rings. The van der Waals surface area contributed by atoms with Crippen LogP contribution >= 0.6 is 0 Å². The lowest BCUT2D eigenvalue weighted by atomic mass is 10.2. The SMILES string of the molecule is c1ccc(CNC[C@H]2CNCO2)cc1. The van der Waals surface area contributed by atoms with Crippen molar-refractivity contribution in [2.24, 2.45) is 0 Å². The van der Waals surface area contributed by atoms with E-state index in [-0.39, 0.29) is 0 Å². The van der Waals surface area contributed by atoms with Gasteiger partial charge in [-0.25, -0.2) is 0 Å². The molecular weight excluding hydrogens is 176 g/mol. The third-order valence-electron chi connectivity index (χ3n) is 2.34. The molecule has 0 bridgehead atoms. The van der Waals surface area contributed by atoms with Gasteiger partial charge < -0.3 is 10.1 Å². The van der Waals surface area contributed by atoms with Crippen LogP contribution in [0.4, 0.5) is 0 Å². The molecule has 0 spiro atoms. The predicted octanol–water partition coefficient (Wildman–Crippen LogP) is 0.722. The second-order valence-electron chi connectivity index (χ2n) is 3.50. The van der Waals surface area contributed by atoms with Crippen LogP contribution in [0.25, 0.3) is 0 Å². The van der Waals surface area contributed by atoms with Crippen molar-refractivity contribution in [3.05, 3.63) is 35.9 Å². The van der Waals surface area contributed by atoms with Gasteiger partial charge in [-0.05, 0) is 5.56 Å². The first-order chi connectivity index (χ1) is 6.95. The van der Waals surface area contributed by atoms with E-state index >= 15 is 0 Å². The van der Waals surface area contributed by atoms with Gasteiger partial charge in [-0.2, -0.15) is 0 Å². The highest BCUT2D eigenvalue weighted by Crippen LogP contribution is 1.99. The van der Waals surface area contributed by atoms with Crippen LogP contribution < -0.4 is 10.6 Å². The van der Waals surface area contributed by atoms with Gasteiger partial charge in [-0.15, -0.1) is 0 Å². The van der Waals surface area contributed by atoms with Crippen molar-refractivity contribution in [3.8, 4) is 0 Å². The molecule has 1 aromatic carbocycles. The fourth-order valence-electron chi connectivity index (χ4n) is 1.56. The van der Waals surface area contributed by atoms with Crippen LogP contribution in [0.1, 0.15) is 5.56 Å². The van der Waals surface area contributed by atoms with Gasteiger partial charge in [0.1, 0.15) is 0 Å². The molecule has 0 aromatic heterocycles. The molecule has 0 amide bonds. The maximum atomic E-state index is 5.42. The lowest BCUT2D eigenvalue weighted by Crippen LogP contribution is -2.29. The van der Waals surface area contributed by atoms with Gasteiger partial charge in [0.05, 0.1) is 12.8 Å². The van der Waals surface area contributed by atoms with E-state index in [1.807, 2.05) is 6.07 Å². The van der Waals surface area contributed by atoms with Crippen molar-refractivity contribution < 1.29 is 4.74 Å². The summed E-state index contributed by atoms with van der Waals surface area (Å²) < 4.78 is 5.42. The maximum Gasteiger partial charge on any atom is 0.0971 e. The molecule has 0 aliphatic carbocycles. The Labute approximate surface area is 84.5 Å². The average molecular weight is 192 g/mol. The molecule has 1 aliphatic rings. The van der Waals surface area contributed by atoms with E-state index in [1.54, 1.807) is 0 Å². The lowest BCUT2D eigenvalue weighted by Gasteiger charge is -2.09. The van der Waals surface area contributed by atoms with Crippen molar-refractivity contribution >= 4 is 0 Å². The summed E-state index contributed by atoms with van der Waals surface area (Å²) in [6.45, 7) is 3.49. The Kier molecular flexibility index (Phi) is 3.51. The number of rotatable bonds is 4. The largest absolute Gasteiger partial charge is 0.360 e. The maximum absolute atomic E-state index is 5.42. The highest BCUT2D eigenvalue weighted by molar-refractivity contribution is 5.14. The Balaban J connectivity index is 1.67. The van der Waals surface area contributed by atoms with Crippen molar-refractivity contribution in [2.45, 2.75) is 12.6 Å². The molecule has 2 rings (SSSR count). The predicted molar refractivity (Wildman–Crippen MR) is 55.9 cm³/mol. The molecule has 1 heterocycles. The number of hydrogen-bond donors (Lipinski definition) is 2. The Morgan fingerprint density at radius 2 is 2.21 bits per heavy atom. The Hall–Kier alpha value is -0.900.